The lowest BCUT2D eigenvalue weighted by Gasteiger charge is -2.26. The van der Waals surface area contributed by atoms with E-state index in [0.29, 0.717) is 5.75 Å². The van der Waals surface area contributed by atoms with E-state index in [1.165, 1.54) is 12.1 Å². The van der Waals surface area contributed by atoms with Crippen LogP contribution in [0, 0.1) is 12.7 Å². The molecular weight excluding hydrogens is 353 g/mol. The molecule has 2 nitrogen and oxygen atoms in total. The minimum atomic E-state index is -0.266. The van der Waals surface area contributed by atoms with E-state index in [2.05, 4.69) is 15.9 Å². The third kappa shape index (κ3) is 2.85. The van der Waals surface area contributed by atoms with Gasteiger partial charge in [0.15, 0.2) is 0 Å². The molecule has 1 aliphatic rings. The average Bonchev–Trinajstić information content (AvgIpc) is 2.84. The van der Waals surface area contributed by atoms with E-state index in [1.54, 1.807) is 28.8 Å². The molecule has 1 atom stereocenters. The fraction of sp³-hybridized carbons (Fsp3) is 0.188. The van der Waals surface area contributed by atoms with Gasteiger partial charge in [0.2, 0.25) is 5.91 Å². The van der Waals surface area contributed by atoms with Crippen LogP contribution in [0.4, 0.5) is 10.1 Å². The van der Waals surface area contributed by atoms with Crippen molar-refractivity contribution >= 4 is 39.3 Å². The topological polar surface area (TPSA) is 20.3 Å². The summed E-state index contributed by atoms with van der Waals surface area (Å²) in [7, 11) is 0. The fourth-order valence-corrected chi connectivity index (χ4v) is 3.92. The van der Waals surface area contributed by atoms with E-state index in [0.717, 1.165) is 21.3 Å². The van der Waals surface area contributed by atoms with Crippen LogP contribution >= 0.6 is 27.7 Å². The maximum Gasteiger partial charge on any atom is 0.238 e. The number of halogens is 2. The molecule has 5 heteroatoms. The lowest BCUT2D eigenvalue weighted by atomic mass is 10.1. The number of carbonyl (C=O) groups excluding carboxylic acids is 1. The Hall–Kier alpha value is -1.33. The van der Waals surface area contributed by atoms with Crippen molar-refractivity contribution in [2.75, 3.05) is 10.7 Å². The van der Waals surface area contributed by atoms with E-state index >= 15 is 0 Å². The summed E-state index contributed by atoms with van der Waals surface area (Å²) in [6, 6.07) is 12.2. The Kier molecular flexibility index (Phi) is 4.04. The Morgan fingerprint density at radius 1 is 1.24 bits per heavy atom. The van der Waals surface area contributed by atoms with E-state index < -0.39 is 0 Å². The molecule has 0 bridgehead atoms. The van der Waals surface area contributed by atoms with Crippen molar-refractivity contribution in [3.63, 3.8) is 0 Å². The van der Waals surface area contributed by atoms with Crippen LogP contribution in [0.3, 0.4) is 0 Å². The molecule has 0 aliphatic carbocycles. The number of nitrogens with zero attached hydrogens (tertiary/aromatic N) is 1. The largest absolute Gasteiger partial charge is 0.295 e. The monoisotopic (exact) mass is 365 g/mol. The van der Waals surface area contributed by atoms with Gasteiger partial charge in [-0.2, -0.15) is 0 Å². The molecule has 108 valence electrons. The zero-order valence-electron chi connectivity index (χ0n) is 11.3. The standard InChI is InChI=1S/C16H13BrFNOS/c1-10-2-5-12(17)8-14(10)19-15(20)9-21-16(19)11-3-6-13(18)7-4-11/h2-8,16H,9H2,1H3. The van der Waals surface area contributed by atoms with Gasteiger partial charge in [-0.1, -0.05) is 34.1 Å². The number of hydrogen-bond donors (Lipinski definition) is 0. The molecule has 0 N–H and O–H groups in total. The van der Waals surface area contributed by atoms with Gasteiger partial charge in [0.1, 0.15) is 11.2 Å². The minimum Gasteiger partial charge on any atom is -0.295 e. The summed E-state index contributed by atoms with van der Waals surface area (Å²) in [5, 5.41) is -0.105. The first-order chi connectivity index (χ1) is 10.1. The first-order valence-corrected chi connectivity index (χ1v) is 8.36. The number of hydrogen-bond acceptors (Lipinski definition) is 2. The van der Waals surface area contributed by atoms with Gasteiger partial charge in [0, 0.05) is 10.2 Å². The lowest BCUT2D eigenvalue weighted by Crippen LogP contribution is -2.28. The quantitative estimate of drug-likeness (QED) is 0.770. The average molecular weight is 366 g/mol. The molecule has 21 heavy (non-hydrogen) atoms. The highest BCUT2D eigenvalue weighted by atomic mass is 79.9. The van der Waals surface area contributed by atoms with E-state index in [4.69, 9.17) is 0 Å². The van der Waals surface area contributed by atoms with E-state index in [-0.39, 0.29) is 17.1 Å². The Balaban J connectivity index is 2.03. The normalized spacial score (nSPS) is 18.3. The molecule has 1 saturated heterocycles. The van der Waals surface area contributed by atoms with Crippen LogP contribution in [0.25, 0.3) is 0 Å². The molecule has 1 fully saturated rings. The molecule has 1 aliphatic heterocycles. The zero-order chi connectivity index (χ0) is 15.0. The van der Waals surface area contributed by atoms with Crippen LogP contribution in [0.15, 0.2) is 46.9 Å². The van der Waals surface area contributed by atoms with E-state index in [9.17, 15) is 9.18 Å². The second-order valence-corrected chi connectivity index (χ2v) is 6.89. The second-order valence-electron chi connectivity index (χ2n) is 4.91. The summed E-state index contributed by atoms with van der Waals surface area (Å²) in [6.07, 6.45) is 0. The summed E-state index contributed by atoms with van der Waals surface area (Å²) < 4.78 is 14.0. The number of carbonyl (C=O) groups is 1. The SMILES string of the molecule is Cc1ccc(Br)cc1N1C(=O)CSC1c1ccc(F)cc1. The Morgan fingerprint density at radius 2 is 1.95 bits per heavy atom. The van der Waals surface area contributed by atoms with Crippen LogP contribution in [-0.4, -0.2) is 11.7 Å². The van der Waals surface area contributed by atoms with Crippen molar-refractivity contribution in [3.8, 4) is 0 Å². The smallest absolute Gasteiger partial charge is 0.238 e. The van der Waals surface area contributed by atoms with Gasteiger partial charge in [0.25, 0.3) is 0 Å². The molecular formula is C16H13BrFNOS. The molecule has 1 unspecified atom stereocenters. The van der Waals surface area contributed by atoms with E-state index in [1.807, 2.05) is 25.1 Å². The Morgan fingerprint density at radius 3 is 2.67 bits per heavy atom. The Bertz CT molecular complexity index is 689. The summed E-state index contributed by atoms with van der Waals surface area (Å²) in [5.74, 6) is 0.252. The van der Waals surface area contributed by atoms with Crippen LogP contribution in [0.1, 0.15) is 16.5 Å². The molecule has 2 aromatic carbocycles. The molecule has 0 saturated carbocycles. The van der Waals surface area contributed by atoms with Gasteiger partial charge in [0.05, 0.1) is 5.75 Å². The molecule has 1 amide bonds. The van der Waals surface area contributed by atoms with Gasteiger partial charge < -0.3 is 0 Å². The summed E-state index contributed by atoms with van der Waals surface area (Å²) in [5.41, 5.74) is 2.88. The third-order valence-corrected chi connectivity index (χ3v) is 5.16. The third-order valence-electron chi connectivity index (χ3n) is 3.45. The van der Waals surface area contributed by atoms with Gasteiger partial charge in [-0.25, -0.2) is 4.39 Å². The summed E-state index contributed by atoms with van der Waals surface area (Å²) >= 11 is 5.02. The lowest BCUT2D eigenvalue weighted by molar-refractivity contribution is -0.115. The van der Waals surface area contributed by atoms with Crippen LogP contribution in [-0.2, 0) is 4.79 Å². The van der Waals surface area contributed by atoms with Gasteiger partial charge in [-0.3, -0.25) is 9.69 Å². The van der Waals surface area contributed by atoms with Crippen molar-refractivity contribution in [1.29, 1.82) is 0 Å². The first kappa shape index (κ1) is 14.6. The number of rotatable bonds is 2. The molecule has 0 spiro atoms. The van der Waals surface area contributed by atoms with Crippen molar-refractivity contribution in [2.45, 2.75) is 12.3 Å². The Labute approximate surface area is 135 Å². The van der Waals surface area contributed by atoms with Gasteiger partial charge in [-0.15, -0.1) is 11.8 Å². The van der Waals surface area contributed by atoms with Crippen LogP contribution < -0.4 is 4.90 Å². The molecule has 0 aromatic heterocycles. The second kappa shape index (κ2) is 5.81. The number of benzene rings is 2. The van der Waals surface area contributed by atoms with Gasteiger partial charge in [-0.05, 0) is 42.3 Å². The highest BCUT2D eigenvalue weighted by Gasteiger charge is 2.34. The molecule has 1 heterocycles. The van der Waals surface area contributed by atoms with Crippen molar-refractivity contribution in [3.05, 3.63) is 63.9 Å². The molecule has 0 radical (unpaired) electrons. The summed E-state index contributed by atoms with van der Waals surface area (Å²) in [4.78, 5) is 14.1. The predicted octanol–water partition coefficient (Wildman–Crippen LogP) is 4.68. The summed E-state index contributed by atoms with van der Waals surface area (Å²) in [6.45, 7) is 1.99. The first-order valence-electron chi connectivity index (χ1n) is 6.51. The molecule has 3 rings (SSSR count). The van der Waals surface area contributed by atoms with Crippen molar-refractivity contribution in [2.24, 2.45) is 0 Å². The number of aryl methyl sites for hydroxylation is 1. The maximum absolute atomic E-state index is 13.1. The van der Waals surface area contributed by atoms with Crippen molar-refractivity contribution < 1.29 is 9.18 Å². The maximum atomic E-state index is 13.1. The highest BCUT2D eigenvalue weighted by molar-refractivity contribution is 9.10. The number of thioether (sulfide) groups is 1. The van der Waals surface area contributed by atoms with Crippen LogP contribution in [0.2, 0.25) is 0 Å². The molecule has 2 aromatic rings. The minimum absolute atomic E-state index is 0.0792. The fourth-order valence-electron chi connectivity index (χ4n) is 2.40. The highest BCUT2D eigenvalue weighted by Crippen LogP contribution is 2.43. The number of amides is 1. The van der Waals surface area contributed by atoms with Crippen LogP contribution in [0.5, 0.6) is 0 Å². The zero-order valence-corrected chi connectivity index (χ0v) is 13.7. The number of anilines is 1. The van der Waals surface area contributed by atoms with Crippen molar-refractivity contribution in [1.82, 2.24) is 0 Å². The predicted molar refractivity (Wildman–Crippen MR) is 88.0 cm³/mol. The van der Waals surface area contributed by atoms with Gasteiger partial charge >= 0.3 is 0 Å².